The van der Waals surface area contributed by atoms with Crippen LogP contribution in [-0.4, -0.2) is 43.6 Å². The summed E-state index contributed by atoms with van der Waals surface area (Å²) in [6.45, 7) is -0.217. The first kappa shape index (κ1) is 14.4. The van der Waals surface area contributed by atoms with Crippen molar-refractivity contribution in [1.82, 2.24) is 14.5 Å². The van der Waals surface area contributed by atoms with Gasteiger partial charge < -0.3 is 20.7 Å². The highest BCUT2D eigenvalue weighted by atomic mass is 127. The summed E-state index contributed by atoms with van der Waals surface area (Å²) in [4.78, 5) is 8.24. The number of hydrogen-bond donors (Lipinski definition) is 3. The SMILES string of the molecule is Nc1ncnc2c1c(Br)c(I)n2[C@H]1C[C@H](O)[C@@H](CO)O1. The van der Waals surface area contributed by atoms with Crippen LogP contribution in [0.25, 0.3) is 11.0 Å². The lowest BCUT2D eigenvalue weighted by atomic mass is 10.2. The molecule has 0 spiro atoms. The number of ether oxygens (including phenoxy) is 1. The van der Waals surface area contributed by atoms with E-state index in [0.717, 1.165) is 13.6 Å². The number of anilines is 1. The maximum atomic E-state index is 9.88. The van der Waals surface area contributed by atoms with Crippen molar-refractivity contribution in [3.63, 3.8) is 0 Å². The number of fused-ring (bicyclic) bond motifs is 1. The minimum atomic E-state index is -0.698. The van der Waals surface area contributed by atoms with Gasteiger partial charge in [0.2, 0.25) is 0 Å². The van der Waals surface area contributed by atoms with Crippen LogP contribution >= 0.6 is 38.5 Å². The Balaban J connectivity index is 2.13. The molecule has 2 aromatic heterocycles. The Morgan fingerprint density at radius 1 is 1.55 bits per heavy atom. The fourth-order valence-corrected chi connectivity index (χ4v) is 3.77. The minimum Gasteiger partial charge on any atom is -0.394 e. The second-order valence-corrected chi connectivity index (χ2v) is 6.36. The van der Waals surface area contributed by atoms with Crippen LogP contribution in [0.2, 0.25) is 0 Å². The van der Waals surface area contributed by atoms with E-state index in [2.05, 4.69) is 48.5 Å². The molecule has 7 nitrogen and oxygen atoms in total. The summed E-state index contributed by atoms with van der Waals surface area (Å²) in [7, 11) is 0. The smallest absolute Gasteiger partial charge is 0.149 e. The molecule has 1 fully saturated rings. The molecule has 1 saturated heterocycles. The van der Waals surface area contributed by atoms with Crippen molar-refractivity contribution in [3.8, 4) is 0 Å². The molecule has 3 rings (SSSR count). The van der Waals surface area contributed by atoms with E-state index in [1.54, 1.807) is 0 Å². The highest BCUT2D eigenvalue weighted by Gasteiger charge is 2.36. The maximum absolute atomic E-state index is 9.88. The molecular weight excluding hydrogens is 443 g/mol. The molecule has 9 heteroatoms. The standard InChI is InChI=1S/C11H12BrIN4O3/c12-8-7-10(14)15-3-16-11(7)17(9(8)13)6-1-4(19)5(2-18)20-6/h3-6,18-19H,1-2H2,(H2,14,15,16)/t4-,5+,6+/m0/s1. The number of halogens is 2. The van der Waals surface area contributed by atoms with Crippen LogP contribution in [0.4, 0.5) is 5.82 Å². The molecule has 0 aliphatic carbocycles. The quantitative estimate of drug-likeness (QED) is 0.585. The zero-order chi connectivity index (χ0) is 14.4. The molecule has 2 aromatic rings. The van der Waals surface area contributed by atoms with Crippen molar-refractivity contribution in [2.45, 2.75) is 24.9 Å². The molecule has 0 amide bonds. The number of nitrogen functional groups attached to an aromatic ring is 1. The van der Waals surface area contributed by atoms with Crippen molar-refractivity contribution < 1.29 is 14.9 Å². The molecule has 0 saturated carbocycles. The largest absolute Gasteiger partial charge is 0.394 e. The van der Waals surface area contributed by atoms with Crippen LogP contribution in [0.1, 0.15) is 12.6 Å². The van der Waals surface area contributed by atoms with Gasteiger partial charge in [-0.15, -0.1) is 0 Å². The van der Waals surface area contributed by atoms with E-state index in [1.165, 1.54) is 6.33 Å². The first-order valence-electron chi connectivity index (χ1n) is 5.94. The van der Waals surface area contributed by atoms with Crippen LogP contribution in [0.5, 0.6) is 0 Å². The van der Waals surface area contributed by atoms with Crippen molar-refractivity contribution >= 4 is 55.4 Å². The summed E-state index contributed by atoms with van der Waals surface area (Å²) in [5, 5.41) is 19.8. The fourth-order valence-electron chi connectivity index (χ4n) is 2.38. The molecule has 3 heterocycles. The van der Waals surface area contributed by atoms with Gasteiger partial charge in [0.15, 0.2) is 0 Å². The van der Waals surface area contributed by atoms with Crippen LogP contribution in [-0.2, 0) is 4.74 Å². The number of aliphatic hydroxyl groups is 2. The molecule has 0 radical (unpaired) electrons. The Hall–Kier alpha value is -0.490. The Labute approximate surface area is 136 Å². The van der Waals surface area contributed by atoms with Gasteiger partial charge in [0.1, 0.15) is 30.1 Å². The molecule has 1 aliphatic heterocycles. The summed E-state index contributed by atoms with van der Waals surface area (Å²) in [6, 6.07) is 0. The highest BCUT2D eigenvalue weighted by molar-refractivity contribution is 14.1. The number of nitrogens with zero attached hydrogens (tertiary/aromatic N) is 3. The number of aliphatic hydroxyl groups excluding tert-OH is 2. The van der Waals surface area contributed by atoms with Gasteiger partial charge in [-0.3, -0.25) is 4.57 Å². The molecule has 0 unspecified atom stereocenters. The first-order valence-corrected chi connectivity index (χ1v) is 7.81. The number of aromatic nitrogens is 3. The predicted octanol–water partition coefficient (Wildman–Crippen LogP) is 1.02. The Morgan fingerprint density at radius 2 is 2.30 bits per heavy atom. The second-order valence-electron chi connectivity index (χ2n) is 4.55. The third kappa shape index (κ3) is 2.11. The monoisotopic (exact) mass is 454 g/mol. The van der Waals surface area contributed by atoms with Crippen LogP contribution in [0.3, 0.4) is 0 Å². The lowest BCUT2D eigenvalue weighted by Crippen LogP contribution is -2.24. The lowest BCUT2D eigenvalue weighted by Gasteiger charge is -2.15. The Morgan fingerprint density at radius 3 is 2.95 bits per heavy atom. The summed E-state index contributed by atoms with van der Waals surface area (Å²) in [6.07, 6.45) is 0.118. The van der Waals surface area contributed by atoms with Gasteiger partial charge in [0.05, 0.1) is 26.3 Å². The number of hydrogen-bond acceptors (Lipinski definition) is 6. The Bertz CT molecular complexity index is 665. The van der Waals surface area contributed by atoms with E-state index < -0.39 is 18.4 Å². The zero-order valence-electron chi connectivity index (χ0n) is 10.2. The average Bonchev–Trinajstić information content (AvgIpc) is 2.90. The lowest BCUT2D eigenvalue weighted by molar-refractivity contribution is -0.0438. The molecule has 0 aromatic carbocycles. The number of nitrogens with two attached hydrogens (primary N) is 1. The highest BCUT2D eigenvalue weighted by Crippen LogP contribution is 2.39. The summed E-state index contributed by atoms with van der Waals surface area (Å²) in [5.41, 5.74) is 6.53. The molecule has 0 bridgehead atoms. The van der Waals surface area contributed by atoms with E-state index in [9.17, 15) is 10.2 Å². The van der Waals surface area contributed by atoms with Crippen molar-refractivity contribution in [3.05, 3.63) is 14.5 Å². The van der Waals surface area contributed by atoms with E-state index >= 15 is 0 Å². The second kappa shape index (κ2) is 5.37. The summed E-state index contributed by atoms with van der Waals surface area (Å²) >= 11 is 5.65. The van der Waals surface area contributed by atoms with Crippen LogP contribution < -0.4 is 5.73 Å². The van der Waals surface area contributed by atoms with Crippen molar-refractivity contribution in [1.29, 1.82) is 0 Å². The molecule has 4 N–H and O–H groups in total. The van der Waals surface area contributed by atoms with Gasteiger partial charge in [-0.1, -0.05) is 0 Å². The van der Waals surface area contributed by atoms with Gasteiger partial charge in [-0.25, -0.2) is 9.97 Å². The topological polar surface area (TPSA) is 106 Å². The van der Waals surface area contributed by atoms with E-state index in [4.69, 9.17) is 10.5 Å². The van der Waals surface area contributed by atoms with Gasteiger partial charge in [0, 0.05) is 6.42 Å². The van der Waals surface area contributed by atoms with Crippen molar-refractivity contribution in [2.24, 2.45) is 0 Å². The average molecular weight is 455 g/mol. The van der Waals surface area contributed by atoms with Crippen LogP contribution in [0.15, 0.2) is 10.8 Å². The van der Waals surface area contributed by atoms with Crippen molar-refractivity contribution in [2.75, 3.05) is 12.3 Å². The zero-order valence-corrected chi connectivity index (χ0v) is 13.9. The molecule has 108 valence electrons. The third-order valence-corrected chi connectivity index (χ3v) is 5.94. The molecular formula is C11H12BrIN4O3. The normalized spacial score (nSPS) is 26.5. The van der Waals surface area contributed by atoms with Gasteiger partial charge >= 0.3 is 0 Å². The molecule has 20 heavy (non-hydrogen) atoms. The maximum Gasteiger partial charge on any atom is 0.149 e. The minimum absolute atomic E-state index is 0.217. The predicted molar refractivity (Wildman–Crippen MR) is 84.0 cm³/mol. The third-order valence-electron chi connectivity index (χ3n) is 3.37. The Kier molecular flexibility index (Phi) is 3.88. The summed E-state index contributed by atoms with van der Waals surface area (Å²) < 4.78 is 9.21. The van der Waals surface area contributed by atoms with Crippen LogP contribution in [0, 0.1) is 3.70 Å². The van der Waals surface area contributed by atoms with E-state index in [1.807, 2.05) is 4.57 Å². The van der Waals surface area contributed by atoms with Gasteiger partial charge in [-0.05, 0) is 38.5 Å². The van der Waals surface area contributed by atoms with E-state index in [0.29, 0.717) is 17.9 Å². The molecule has 1 aliphatic rings. The molecule has 3 atom stereocenters. The van der Waals surface area contributed by atoms with Gasteiger partial charge in [-0.2, -0.15) is 0 Å². The fraction of sp³-hybridized carbons (Fsp3) is 0.455. The first-order chi connectivity index (χ1) is 9.54. The van der Waals surface area contributed by atoms with Gasteiger partial charge in [0.25, 0.3) is 0 Å². The van der Waals surface area contributed by atoms with E-state index in [-0.39, 0.29) is 6.61 Å². The summed E-state index contributed by atoms with van der Waals surface area (Å²) in [5.74, 6) is 0.385. The number of rotatable bonds is 2.